The third-order valence-electron chi connectivity index (χ3n) is 7.21. The molecule has 0 spiro atoms. The second-order valence-electron chi connectivity index (χ2n) is 10.00. The zero-order valence-corrected chi connectivity index (χ0v) is 20.6. The summed E-state index contributed by atoms with van der Waals surface area (Å²) in [5, 5.41) is 2.68. The largest absolute Gasteiger partial charge is 0.474 e. The van der Waals surface area contributed by atoms with Crippen molar-refractivity contribution in [3.05, 3.63) is 71.3 Å². The summed E-state index contributed by atoms with van der Waals surface area (Å²) in [6.45, 7) is 1.84. The molecule has 0 saturated heterocycles. The number of rotatable bonds is 7. The SMILES string of the molecule is CC(Oc1ncc(F)cc1C(=O)Nc1c(C2CCC(F)(F)CC2)ccnc1-c1cc(F)ccc1F)C1CC1. The van der Waals surface area contributed by atoms with Gasteiger partial charge in [-0.05, 0) is 80.3 Å². The molecule has 2 aliphatic rings. The minimum absolute atomic E-state index is 0.0441. The number of benzene rings is 1. The fourth-order valence-corrected chi connectivity index (χ4v) is 4.88. The lowest BCUT2D eigenvalue weighted by Crippen LogP contribution is -2.25. The van der Waals surface area contributed by atoms with Gasteiger partial charge in [0.2, 0.25) is 11.8 Å². The molecule has 2 saturated carbocycles. The van der Waals surface area contributed by atoms with Crippen molar-refractivity contribution in [1.29, 1.82) is 0 Å². The molecule has 0 aliphatic heterocycles. The van der Waals surface area contributed by atoms with Crippen LogP contribution in [0.25, 0.3) is 11.3 Å². The van der Waals surface area contributed by atoms with Gasteiger partial charge in [0.1, 0.15) is 29.1 Å². The minimum atomic E-state index is -2.79. The van der Waals surface area contributed by atoms with Crippen LogP contribution in [0.1, 0.15) is 67.3 Å². The highest BCUT2D eigenvalue weighted by Gasteiger charge is 2.37. The van der Waals surface area contributed by atoms with Gasteiger partial charge in [-0.15, -0.1) is 0 Å². The van der Waals surface area contributed by atoms with Crippen LogP contribution in [-0.2, 0) is 0 Å². The maximum absolute atomic E-state index is 14.8. The smallest absolute Gasteiger partial charge is 0.261 e. The molecule has 5 nitrogen and oxygen atoms in total. The molecule has 1 unspecified atom stereocenters. The molecule has 2 aliphatic carbocycles. The Hall–Kier alpha value is -3.56. The third-order valence-corrected chi connectivity index (χ3v) is 7.21. The second-order valence-corrected chi connectivity index (χ2v) is 10.00. The van der Waals surface area contributed by atoms with E-state index in [9.17, 15) is 26.7 Å². The molecule has 200 valence electrons. The van der Waals surface area contributed by atoms with Crippen molar-refractivity contribution in [3.8, 4) is 17.1 Å². The number of pyridine rings is 2. The molecule has 10 heteroatoms. The van der Waals surface area contributed by atoms with Gasteiger partial charge in [0, 0.05) is 24.6 Å². The van der Waals surface area contributed by atoms with E-state index >= 15 is 0 Å². The predicted octanol–water partition coefficient (Wildman–Crippen LogP) is 7.28. The van der Waals surface area contributed by atoms with Gasteiger partial charge in [-0.25, -0.2) is 26.9 Å². The van der Waals surface area contributed by atoms with Crippen LogP contribution in [0.2, 0.25) is 0 Å². The number of aromatic nitrogens is 2. The first-order valence-electron chi connectivity index (χ1n) is 12.6. The Morgan fingerprint density at radius 3 is 2.47 bits per heavy atom. The number of carbonyl (C=O) groups is 1. The molecular weight excluding hydrogens is 505 g/mol. The van der Waals surface area contributed by atoms with Crippen LogP contribution in [-0.4, -0.2) is 27.9 Å². The van der Waals surface area contributed by atoms with E-state index in [1.165, 1.54) is 6.20 Å². The topological polar surface area (TPSA) is 64.1 Å². The van der Waals surface area contributed by atoms with Crippen molar-refractivity contribution in [2.75, 3.05) is 5.32 Å². The lowest BCUT2D eigenvalue weighted by Gasteiger charge is -2.30. The number of hydrogen-bond donors (Lipinski definition) is 1. The molecule has 1 N–H and O–H groups in total. The number of anilines is 1. The average molecular weight is 532 g/mol. The molecule has 1 aromatic carbocycles. The number of nitrogens with zero attached hydrogens (tertiary/aromatic N) is 2. The maximum atomic E-state index is 14.8. The number of alkyl halides is 2. The number of ether oxygens (including phenoxy) is 1. The van der Waals surface area contributed by atoms with Crippen molar-refractivity contribution >= 4 is 11.6 Å². The zero-order chi connectivity index (χ0) is 27.0. The van der Waals surface area contributed by atoms with E-state index in [0.717, 1.165) is 43.3 Å². The minimum Gasteiger partial charge on any atom is -0.474 e. The van der Waals surface area contributed by atoms with Crippen molar-refractivity contribution in [3.63, 3.8) is 0 Å². The second kappa shape index (κ2) is 10.3. The summed E-state index contributed by atoms with van der Waals surface area (Å²) >= 11 is 0. The van der Waals surface area contributed by atoms with Gasteiger partial charge in [0.05, 0.1) is 17.6 Å². The Morgan fingerprint density at radius 2 is 1.76 bits per heavy atom. The van der Waals surface area contributed by atoms with E-state index in [2.05, 4.69) is 15.3 Å². The van der Waals surface area contributed by atoms with Crippen LogP contribution in [0.15, 0.2) is 42.7 Å². The predicted molar refractivity (Wildman–Crippen MR) is 131 cm³/mol. The van der Waals surface area contributed by atoms with Crippen LogP contribution in [0.5, 0.6) is 5.88 Å². The summed E-state index contributed by atoms with van der Waals surface area (Å²) in [6, 6.07) is 5.39. The van der Waals surface area contributed by atoms with E-state index in [0.29, 0.717) is 11.5 Å². The summed E-state index contributed by atoms with van der Waals surface area (Å²) < 4.78 is 76.7. The highest BCUT2D eigenvalue weighted by atomic mass is 19.3. The number of halogens is 5. The average Bonchev–Trinajstić information content (AvgIpc) is 3.73. The van der Waals surface area contributed by atoms with Crippen molar-refractivity contribution in [2.45, 2.75) is 63.4 Å². The number of hydrogen-bond acceptors (Lipinski definition) is 4. The molecule has 2 aromatic heterocycles. The molecule has 3 aromatic rings. The van der Waals surface area contributed by atoms with E-state index in [-0.39, 0.29) is 66.1 Å². The molecular formula is C28H26F5N3O2. The van der Waals surface area contributed by atoms with E-state index in [1.54, 1.807) is 6.07 Å². The zero-order valence-electron chi connectivity index (χ0n) is 20.6. The van der Waals surface area contributed by atoms with Crippen LogP contribution in [0.3, 0.4) is 0 Å². The molecule has 0 bridgehead atoms. The highest BCUT2D eigenvalue weighted by molar-refractivity contribution is 6.08. The Bertz CT molecular complexity index is 1350. The number of carbonyl (C=O) groups excluding carboxylic acids is 1. The first-order valence-corrected chi connectivity index (χ1v) is 12.6. The molecule has 5 rings (SSSR count). The molecule has 0 radical (unpaired) electrons. The van der Waals surface area contributed by atoms with Crippen LogP contribution in [0.4, 0.5) is 27.6 Å². The van der Waals surface area contributed by atoms with E-state index in [4.69, 9.17) is 4.74 Å². The Morgan fingerprint density at radius 1 is 1.03 bits per heavy atom. The lowest BCUT2D eigenvalue weighted by atomic mass is 9.81. The van der Waals surface area contributed by atoms with Crippen molar-refractivity contribution in [2.24, 2.45) is 5.92 Å². The van der Waals surface area contributed by atoms with Gasteiger partial charge < -0.3 is 10.1 Å². The summed E-state index contributed by atoms with van der Waals surface area (Å²) in [7, 11) is 0. The Kier molecular flexibility index (Phi) is 7.07. The Balaban J connectivity index is 1.56. The molecule has 1 amide bonds. The first kappa shape index (κ1) is 26.1. The fraction of sp³-hybridized carbons (Fsp3) is 0.393. The van der Waals surface area contributed by atoms with Crippen molar-refractivity contribution < 1.29 is 31.5 Å². The van der Waals surface area contributed by atoms with Crippen LogP contribution in [0, 0.1) is 23.4 Å². The van der Waals surface area contributed by atoms with Crippen molar-refractivity contribution in [1.82, 2.24) is 9.97 Å². The molecule has 2 heterocycles. The normalized spacial score (nSPS) is 18.2. The third kappa shape index (κ3) is 5.63. The molecule has 1 atom stereocenters. The monoisotopic (exact) mass is 531 g/mol. The van der Waals surface area contributed by atoms with Gasteiger partial charge in [0.15, 0.2) is 0 Å². The van der Waals surface area contributed by atoms with Gasteiger partial charge in [0.25, 0.3) is 5.91 Å². The number of amides is 1. The fourth-order valence-electron chi connectivity index (χ4n) is 4.88. The quantitative estimate of drug-likeness (QED) is 0.326. The molecule has 2 fully saturated rings. The number of nitrogens with one attached hydrogen (secondary N) is 1. The van der Waals surface area contributed by atoms with Gasteiger partial charge in [-0.1, -0.05) is 0 Å². The summed E-state index contributed by atoms with van der Waals surface area (Å²) in [6.07, 6.45) is 3.58. The van der Waals surface area contributed by atoms with Crippen LogP contribution >= 0.6 is 0 Å². The highest BCUT2D eigenvalue weighted by Crippen LogP contribution is 2.45. The van der Waals surface area contributed by atoms with E-state index < -0.39 is 29.3 Å². The summed E-state index contributed by atoms with van der Waals surface area (Å²) in [5.74, 6) is -6.00. The summed E-state index contributed by atoms with van der Waals surface area (Å²) in [4.78, 5) is 21.7. The van der Waals surface area contributed by atoms with Gasteiger partial charge in [-0.3, -0.25) is 9.78 Å². The first-order chi connectivity index (χ1) is 18.1. The van der Waals surface area contributed by atoms with Gasteiger partial charge in [-0.2, -0.15) is 0 Å². The maximum Gasteiger partial charge on any atom is 0.261 e. The van der Waals surface area contributed by atoms with Gasteiger partial charge >= 0.3 is 0 Å². The molecule has 38 heavy (non-hydrogen) atoms. The standard InChI is InChI=1S/C28H26F5N3O2/c1-15(16-2-3-16)38-27-22(13-19(30)14-35-27)26(37)36-25-20(17-6-9-28(32,33)10-7-17)8-11-34-24(25)21-12-18(29)4-5-23(21)31/h4-5,8,11-17H,2-3,6-7,9-10H2,1H3,(H,36,37). The van der Waals surface area contributed by atoms with E-state index in [1.807, 2.05) is 6.92 Å². The van der Waals surface area contributed by atoms with Crippen LogP contribution < -0.4 is 10.1 Å². The Labute approximate surface area is 216 Å². The lowest BCUT2D eigenvalue weighted by molar-refractivity contribution is -0.0381. The summed E-state index contributed by atoms with van der Waals surface area (Å²) in [5.41, 5.74) is 0.0411.